The predicted molar refractivity (Wildman–Crippen MR) is 70.0 cm³/mol. The molecule has 3 N–H and O–H groups in total. The minimum Gasteiger partial charge on any atom is -0.397 e. The molecule has 2 nitrogen and oxygen atoms in total. The van der Waals surface area contributed by atoms with Gasteiger partial charge in [-0.05, 0) is 43.2 Å². The van der Waals surface area contributed by atoms with E-state index >= 15 is 0 Å². The molecule has 0 bridgehead atoms. The summed E-state index contributed by atoms with van der Waals surface area (Å²) in [5.41, 5.74) is 9.61. The molecule has 0 spiro atoms. The van der Waals surface area contributed by atoms with E-state index < -0.39 is 0 Å². The van der Waals surface area contributed by atoms with Gasteiger partial charge in [0.1, 0.15) is 5.82 Å². The zero-order valence-electron chi connectivity index (χ0n) is 9.92. The Morgan fingerprint density at radius 2 is 1.82 bits per heavy atom. The van der Waals surface area contributed by atoms with E-state index in [0.29, 0.717) is 11.4 Å². The molecule has 0 aliphatic heterocycles. The molecule has 0 unspecified atom stereocenters. The van der Waals surface area contributed by atoms with Crippen LogP contribution >= 0.6 is 0 Å². The summed E-state index contributed by atoms with van der Waals surface area (Å²) in [4.78, 5) is 0. The Hall–Kier alpha value is -2.03. The number of nitrogens with one attached hydrogen (secondary N) is 1. The molecule has 2 aromatic rings. The fourth-order valence-corrected chi connectivity index (χ4v) is 1.66. The number of hydrogen-bond acceptors (Lipinski definition) is 2. The third-order valence-electron chi connectivity index (χ3n) is 2.72. The van der Waals surface area contributed by atoms with Gasteiger partial charge in [0.25, 0.3) is 0 Å². The number of nitrogen functional groups attached to an aromatic ring is 1. The van der Waals surface area contributed by atoms with Crippen molar-refractivity contribution in [3.05, 3.63) is 53.3 Å². The van der Waals surface area contributed by atoms with Crippen LogP contribution in [0.4, 0.5) is 21.5 Å². The van der Waals surface area contributed by atoms with E-state index in [1.54, 1.807) is 6.07 Å². The third kappa shape index (κ3) is 2.38. The highest BCUT2D eigenvalue weighted by atomic mass is 19.1. The molecule has 0 amide bonds. The van der Waals surface area contributed by atoms with E-state index in [-0.39, 0.29) is 5.82 Å². The zero-order chi connectivity index (χ0) is 12.4. The van der Waals surface area contributed by atoms with Crippen molar-refractivity contribution in [2.24, 2.45) is 0 Å². The van der Waals surface area contributed by atoms with Crippen LogP contribution in [0.1, 0.15) is 11.1 Å². The summed E-state index contributed by atoms with van der Waals surface area (Å²) >= 11 is 0. The van der Waals surface area contributed by atoms with Crippen molar-refractivity contribution in [2.75, 3.05) is 11.1 Å². The molecule has 0 heterocycles. The van der Waals surface area contributed by atoms with Crippen molar-refractivity contribution >= 4 is 17.1 Å². The van der Waals surface area contributed by atoms with E-state index in [2.05, 4.69) is 5.32 Å². The summed E-state index contributed by atoms with van der Waals surface area (Å²) in [5, 5.41) is 3.01. The van der Waals surface area contributed by atoms with E-state index in [4.69, 9.17) is 5.73 Å². The summed E-state index contributed by atoms with van der Waals surface area (Å²) in [5.74, 6) is -0.272. The highest BCUT2D eigenvalue weighted by molar-refractivity contribution is 5.75. The van der Waals surface area contributed by atoms with Crippen molar-refractivity contribution in [1.82, 2.24) is 0 Å². The highest BCUT2D eigenvalue weighted by Gasteiger charge is 2.05. The Morgan fingerprint density at radius 3 is 2.53 bits per heavy atom. The lowest BCUT2D eigenvalue weighted by atomic mass is 10.1. The Morgan fingerprint density at radius 1 is 1.06 bits per heavy atom. The first-order chi connectivity index (χ1) is 8.08. The van der Waals surface area contributed by atoms with E-state index in [9.17, 15) is 4.39 Å². The SMILES string of the molecule is Cc1ccc(Nc2cccc(C)c2N)c(F)c1. The zero-order valence-corrected chi connectivity index (χ0v) is 9.92. The van der Waals surface area contributed by atoms with Gasteiger partial charge in [-0.2, -0.15) is 0 Å². The van der Waals surface area contributed by atoms with Crippen LogP contribution in [0.3, 0.4) is 0 Å². The van der Waals surface area contributed by atoms with Gasteiger partial charge in [-0.25, -0.2) is 4.39 Å². The molecule has 2 aromatic carbocycles. The second-order valence-electron chi connectivity index (χ2n) is 4.14. The van der Waals surface area contributed by atoms with Crippen LogP contribution in [0, 0.1) is 19.7 Å². The Labute approximate surface area is 100 Å². The molecule has 0 aromatic heterocycles. The molecule has 0 fully saturated rings. The molecule has 2 rings (SSSR count). The summed E-state index contributed by atoms with van der Waals surface area (Å²) in [6, 6.07) is 10.7. The Balaban J connectivity index is 2.35. The average Bonchev–Trinajstić information content (AvgIpc) is 2.28. The quantitative estimate of drug-likeness (QED) is 0.771. The van der Waals surface area contributed by atoms with E-state index in [1.165, 1.54) is 6.07 Å². The van der Waals surface area contributed by atoms with Gasteiger partial charge in [0, 0.05) is 0 Å². The lowest BCUT2D eigenvalue weighted by molar-refractivity contribution is 0.631. The molecule has 0 saturated heterocycles. The number of anilines is 3. The molecule has 0 aliphatic rings. The first kappa shape index (κ1) is 11.5. The maximum absolute atomic E-state index is 13.7. The summed E-state index contributed by atoms with van der Waals surface area (Å²) in [6.45, 7) is 3.78. The summed E-state index contributed by atoms with van der Waals surface area (Å²) < 4.78 is 13.7. The fraction of sp³-hybridized carbons (Fsp3) is 0.143. The van der Waals surface area contributed by atoms with Crippen LogP contribution in [0.5, 0.6) is 0 Å². The van der Waals surface area contributed by atoms with Crippen molar-refractivity contribution in [3.63, 3.8) is 0 Å². The normalized spacial score (nSPS) is 10.3. The van der Waals surface area contributed by atoms with Crippen LogP contribution in [-0.4, -0.2) is 0 Å². The van der Waals surface area contributed by atoms with E-state index in [1.807, 2.05) is 38.1 Å². The van der Waals surface area contributed by atoms with Gasteiger partial charge in [-0.15, -0.1) is 0 Å². The Kier molecular flexibility index (Phi) is 3.00. The largest absolute Gasteiger partial charge is 0.397 e. The predicted octanol–water partition coefficient (Wildman–Crippen LogP) is 3.77. The molecule has 0 saturated carbocycles. The topological polar surface area (TPSA) is 38.0 Å². The van der Waals surface area contributed by atoms with Crippen molar-refractivity contribution in [1.29, 1.82) is 0 Å². The van der Waals surface area contributed by atoms with Crippen molar-refractivity contribution in [2.45, 2.75) is 13.8 Å². The second-order valence-corrected chi connectivity index (χ2v) is 4.14. The third-order valence-corrected chi connectivity index (χ3v) is 2.72. The van der Waals surface area contributed by atoms with Gasteiger partial charge in [0.15, 0.2) is 0 Å². The molecule has 0 radical (unpaired) electrons. The average molecular weight is 230 g/mol. The van der Waals surface area contributed by atoms with Gasteiger partial charge in [0.05, 0.1) is 17.1 Å². The number of aryl methyl sites for hydroxylation is 2. The minimum absolute atomic E-state index is 0.272. The molecule has 0 aliphatic carbocycles. The van der Waals surface area contributed by atoms with Crippen LogP contribution in [0.15, 0.2) is 36.4 Å². The fourth-order valence-electron chi connectivity index (χ4n) is 1.66. The highest BCUT2D eigenvalue weighted by Crippen LogP contribution is 2.27. The lowest BCUT2D eigenvalue weighted by Crippen LogP contribution is -1.99. The smallest absolute Gasteiger partial charge is 0.146 e. The lowest BCUT2D eigenvalue weighted by Gasteiger charge is -2.12. The Bertz CT molecular complexity index is 550. The van der Waals surface area contributed by atoms with E-state index in [0.717, 1.165) is 16.8 Å². The molecule has 0 atom stereocenters. The second kappa shape index (κ2) is 4.45. The number of nitrogens with two attached hydrogens (primary N) is 1. The monoisotopic (exact) mass is 230 g/mol. The maximum Gasteiger partial charge on any atom is 0.146 e. The van der Waals surface area contributed by atoms with Gasteiger partial charge in [-0.3, -0.25) is 0 Å². The minimum atomic E-state index is -0.272. The molecule has 88 valence electrons. The molecule has 17 heavy (non-hydrogen) atoms. The first-order valence-corrected chi connectivity index (χ1v) is 5.46. The number of para-hydroxylation sites is 1. The standard InChI is InChI=1S/C14H15FN2/c1-9-6-7-12(11(15)8-9)17-13-5-3-4-10(2)14(13)16/h3-8,17H,16H2,1-2H3. The van der Waals surface area contributed by atoms with Gasteiger partial charge in [-0.1, -0.05) is 18.2 Å². The van der Waals surface area contributed by atoms with Crippen molar-refractivity contribution in [3.8, 4) is 0 Å². The summed E-state index contributed by atoms with van der Waals surface area (Å²) in [7, 11) is 0. The van der Waals surface area contributed by atoms with Crippen LogP contribution in [0.25, 0.3) is 0 Å². The number of halogens is 1. The van der Waals surface area contributed by atoms with Gasteiger partial charge in [0.2, 0.25) is 0 Å². The molecular formula is C14H15FN2. The van der Waals surface area contributed by atoms with Crippen molar-refractivity contribution < 1.29 is 4.39 Å². The molecule has 3 heteroatoms. The number of benzene rings is 2. The molecular weight excluding hydrogens is 215 g/mol. The number of hydrogen-bond donors (Lipinski definition) is 2. The summed E-state index contributed by atoms with van der Waals surface area (Å²) in [6.07, 6.45) is 0. The van der Waals surface area contributed by atoms with Gasteiger partial charge < -0.3 is 11.1 Å². The van der Waals surface area contributed by atoms with Crippen LogP contribution < -0.4 is 11.1 Å². The number of rotatable bonds is 2. The first-order valence-electron chi connectivity index (χ1n) is 5.46. The maximum atomic E-state index is 13.7. The van der Waals surface area contributed by atoms with Gasteiger partial charge >= 0.3 is 0 Å². The van der Waals surface area contributed by atoms with Crippen LogP contribution in [0.2, 0.25) is 0 Å². The van der Waals surface area contributed by atoms with Crippen LogP contribution in [-0.2, 0) is 0 Å².